The number of hydrogen-bond donors (Lipinski definition) is 1. The van der Waals surface area contributed by atoms with Crippen molar-refractivity contribution in [2.24, 2.45) is 11.7 Å². The summed E-state index contributed by atoms with van der Waals surface area (Å²) in [6.45, 7) is 5.26. The van der Waals surface area contributed by atoms with Crippen LogP contribution in [0.4, 0.5) is 0 Å². The topological polar surface area (TPSA) is 68.5 Å². The summed E-state index contributed by atoms with van der Waals surface area (Å²) in [4.78, 5) is 18.8. The van der Waals surface area contributed by atoms with Crippen molar-refractivity contribution in [1.29, 1.82) is 0 Å². The van der Waals surface area contributed by atoms with Crippen molar-refractivity contribution in [2.75, 3.05) is 20.2 Å². The van der Waals surface area contributed by atoms with Crippen LogP contribution < -0.4 is 10.5 Å². The van der Waals surface area contributed by atoms with E-state index >= 15 is 0 Å². The number of carbonyl (C=O) groups is 1. The molecule has 0 aliphatic rings. The molecule has 0 aromatic carbocycles. The second kappa shape index (κ2) is 7.79. The molecule has 0 saturated heterocycles. The van der Waals surface area contributed by atoms with Crippen LogP contribution in [0.1, 0.15) is 30.6 Å². The Morgan fingerprint density at radius 2 is 2.25 bits per heavy atom. The number of hydrogen-bond acceptors (Lipinski definition) is 4. The first-order valence-electron chi connectivity index (χ1n) is 6.52. The van der Waals surface area contributed by atoms with E-state index in [4.69, 9.17) is 22.7 Å². The summed E-state index contributed by atoms with van der Waals surface area (Å²) in [6, 6.07) is 3.43. The van der Waals surface area contributed by atoms with E-state index in [2.05, 4.69) is 18.8 Å². The van der Waals surface area contributed by atoms with Crippen LogP contribution in [0.5, 0.6) is 5.88 Å². The molecule has 0 radical (unpaired) electrons. The third kappa shape index (κ3) is 4.77. The number of nitrogens with two attached hydrogens (primary N) is 1. The molecule has 0 saturated carbocycles. The van der Waals surface area contributed by atoms with Gasteiger partial charge >= 0.3 is 0 Å². The Balaban J connectivity index is 2.93. The van der Waals surface area contributed by atoms with Gasteiger partial charge < -0.3 is 15.4 Å². The van der Waals surface area contributed by atoms with Crippen molar-refractivity contribution >= 4 is 23.1 Å². The number of rotatable bonds is 7. The van der Waals surface area contributed by atoms with E-state index in [-0.39, 0.29) is 5.91 Å². The fourth-order valence-electron chi connectivity index (χ4n) is 1.85. The molecule has 0 aliphatic heterocycles. The molecule has 0 fully saturated rings. The molecule has 0 unspecified atom stereocenters. The number of methoxy groups -OCH3 is 1. The molecule has 0 bridgehead atoms. The minimum Gasteiger partial charge on any atom is -0.480 e. The van der Waals surface area contributed by atoms with E-state index in [1.54, 1.807) is 23.2 Å². The summed E-state index contributed by atoms with van der Waals surface area (Å²) >= 11 is 4.88. The zero-order chi connectivity index (χ0) is 15.1. The van der Waals surface area contributed by atoms with Crippen molar-refractivity contribution in [3.05, 3.63) is 23.9 Å². The highest BCUT2D eigenvalue weighted by molar-refractivity contribution is 7.80. The summed E-state index contributed by atoms with van der Waals surface area (Å²) in [5.41, 5.74) is 5.98. The van der Waals surface area contributed by atoms with Crippen LogP contribution in [0.3, 0.4) is 0 Å². The molecule has 2 N–H and O–H groups in total. The van der Waals surface area contributed by atoms with Gasteiger partial charge in [0.25, 0.3) is 5.91 Å². The maximum Gasteiger partial charge on any atom is 0.259 e. The Hall–Kier alpha value is -1.69. The lowest BCUT2D eigenvalue weighted by Gasteiger charge is -2.25. The van der Waals surface area contributed by atoms with E-state index in [1.807, 2.05) is 0 Å². The molecule has 20 heavy (non-hydrogen) atoms. The van der Waals surface area contributed by atoms with Crippen LogP contribution in [-0.2, 0) is 0 Å². The largest absolute Gasteiger partial charge is 0.480 e. The normalized spacial score (nSPS) is 10.4. The number of carbonyl (C=O) groups excluding carboxylic acids is 1. The van der Waals surface area contributed by atoms with Crippen LogP contribution >= 0.6 is 12.2 Å². The van der Waals surface area contributed by atoms with Gasteiger partial charge in [-0.05, 0) is 18.1 Å². The van der Waals surface area contributed by atoms with Gasteiger partial charge in [-0.3, -0.25) is 4.79 Å². The molecule has 1 aromatic rings. The van der Waals surface area contributed by atoms with E-state index in [9.17, 15) is 4.79 Å². The number of thiocarbonyl (C=S) groups is 1. The predicted octanol–water partition coefficient (Wildman–Crippen LogP) is 1.86. The monoisotopic (exact) mass is 295 g/mol. The quantitative estimate of drug-likeness (QED) is 0.778. The zero-order valence-corrected chi connectivity index (χ0v) is 12.9. The average Bonchev–Trinajstić information content (AvgIpc) is 2.42. The van der Waals surface area contributed by atoms with Crippen molar-refractivity contribution in [3.8, 4) is 5.88 Å². The Morgan fingerprint density at radius 3 is 2.80 bits per heavy atom. The minimum atomic E-state index is -0.111. The SMILES string of the molecule is COc1ncccc1C(=O)N(CCC(N)=S)CC(C)C. The van der Waals surface area contributed by atoms with E-state index in [0.29, 0.717) is 41.9 Å². The van der Waals surface area contributed by atoms with E-state index in [0.717, 1.165) is 0 Å². The van der Waals surface area contributed by atoms with Gasteiger partial charge in [0.15, 0.2) is 0 Å². The molecule has 0 atom stereocenters. The second-order valence-corrected chi connectivity index (χ2v) is 5.45. The molecule has 0 aliphatic carbocycles. The predicted molar refractivity (Wildman–Crippen MR) is 82.9 cm³/mol. The highest BCUT2D eigenvalue weighted by Gasteiger charge is 2.20. The van der Waals surface area contributed by atoms with Gasteiger partial charge in [-0.1, -0.05) is 26.1 Å². The van der Waals surface area contributed by atoms with Gasteiger partial charge in [0.1, 0.15) is 5.56 Å². The fourth-order valence-corrected chi connectivity index (χ4v) is 1.94. The smallest absolute Gasteiger partial charge is 0.259 e. The second-order valence-electron chi connectivity index (χ2n) is 4.92. The molecule has 0 spiro atoms. The maximum atomic E-state index is 12.6. The van der Waals surface area contributed by atoms with Gasteiger partial charge in [0.05, 0.1) is 12.1 Å². The van der Waals surface area contributed by atoms with Gasteiger partial charge in [0, 0.05) is 25.7 Å². The molecule has 1 aromatic heterocycles. The zero-order valence-electron chi connectivity index (χ0n) is 12.1. The lowest BCUT2D eigenvalue weighted by molar-refractivity contribution is 0.0737. The third-order valence-electron chi connectivity index (χ3n) is 2.70. The van der Waals surface area contributed by atoms with Gasteiger partial charge in [-0.25, -0.2) is 4.98 Å². The number of amides is 1. The van der Waals surface area contributed by atoms with Crippen LogP contribution in [-0.4, -0.2) is 41.0 Å². The molecular formula is C14H21N3O2S. The highest BCUT2D eigenvalue weighted by atomic mass is 32.1. The van der Waals surface area contributed by atoms with Crippen molar-refractivity contribution in [1.82, 2.24) is 9.88 Å². The minimum absolute atomic E-state index is 0.111. The van der Waals surface area contributed by atoms with Gasteiger partial charge in [-0.2, -0.15) is 0 Å². The average molecular weight is 295 g/mol. The lowest BCUT2D eigenvalue weighted by Crippen LogP contribution is -2.36. The first-order chi connectivity index (χ1) is 9.45. The lowest BCUT2D eigenvalue weighted by atomic mass is 10.1. The van der Waals surface area contributed by atoms with E-state index < -0.39 is 0 Å². The Kier molecular flexibility index (Phi) is 6.38. The molecule has 6 heteroatoms. The van der Waals surface area contributed by atoms with Gasteiger partial charge in [-0.15, -0.1) is 0 Å². The van der Waals surface area contributed by atoms with Crippen molar-refractivity contribution in [2.45, 2.75) is 20.3 Å². The third-order valence-corrected chi connectivity index (χ3v) is 2.90. The van der Waals surface area contributed by atoms with E-state index in [1.165, 1.54) is 7.11 Å². The standard InChI is InChI=1S/C14H21N3O2S/c1-10(2)9-17(8-6-12(15)20)14(18)11-5-4-7-16-13(11)19-3/h4-5,7,10H,6,8-9H2,1-3H3,(H2,15,20). The summed E-state index contributed by atoms with van der Waals surface area (Å²) in [5.74, 6) is 0.578. The number of ether oxygens (including phenoxy) is 1. The van der Waals surface area contributed by atoms with Crippen molar-refractivity contribution in [3.63, 3.8) is 0 Å². The number of nitrogens with zero attached hydrogens (tertiary/aromatic N) is 2. The maximum absolute atomic E-state index is 12.6. The van der Waals surface area contributed by atoms with Crippen LogP contribution in [0.15, 0.2) is 18.3 Å². The van der Waals surface area contributed by atoms with Crippen molar-refractivity contribution < 1.29 is 9.53 Å². The first-order valence-corrected chi connectivity index (χ1v) is 6.93. The fraction of sp³-hybridized carbons (Fsp3) is 0.500. The summed E-state index contributed by atoms with van der Waals surface area (Å²) in [6.07, 6.45) is 2.10. The summed E-state index contributed by atoms with van der Waals surface area (Å²) in [7, 11) is 1.50. The first kappa shape index (κ1) is 16.4. The summed E-state index contributed by atoms with van der Waals surface area (Å²) < 4.78 is 5.14. The molecule has 5 nitrogen and oxygen atoms in total. The molecular weight excluding hydrogens is 274 g/mol. The molecule has 110 valence electrons. The van der Waals surface area contributed by atoms with Crippen LogP contribution in [0, 0.1) is 5.92 Å². The van der Waals surface area contributed by atoms with Crippen LogP contribution in [0.2, 0.25) is 0 Å². The Morgan fingerprint density at radius 1 is 1.55 bits per heavy atom. The van der Waals surface area contributed by atoms with Gasteiger partial charge in [0.2, 0.25) is 5.88 Å². The molecule has 1 heterocycles. The highest BCUT2D eigenvalue weighted by Crippen LogP contribution is 2.17. The summed E-state index contributed by atoms with van der Waals surface area (Å²) in [5, 5.41) is 0. The Bertz CT molecular complexity index is 477. The molecule has 1 rings (SSSR count). The Labute approximate surface area is 125 Å². The number of pyridine rings is 1. The molecule has 1 amide bonds. The van der Waals surface area contributed by atoms with Crippen LogP contribution in [0.25, 0.3) is 0 Å². The number of aromatic nitrogens is 1.